The summed E-state index contributed by atoms with van der Waals surface area (Å²) in [5.41, 5.74) is 5.35. The molecule has 3 aromatic rings. The monoisotopic (exact) mass is 439 g/mol. The molecule has 0 unspecified atom stereocenters. The number of hydrazine groups is 1. The average Bonchev–Trinajstić information content (AvgIpc) is 3.22. The van der Waals surface area contributed by atoms with Crippen molar-refractivity contribution >= 4 is 17.8 Å². The summed E-state index contributed by atoms with van der Waals surface area (Å²) in [6, 6.07) is 9.82. The molecule has 166 valence electrons. The maximum atomic E-state index is 12.3. The smallest absolute Gasteiger partial charge is 0.342 e. The normalized spacial score (nSPS) is 10.2. The molecule has 11 nitrogen and oxygen atoms in total. The quantitative estimate of drug-likeness (QED) is 0.415. The number of aromatic nitrogens is 3. The van der Waals surface area contributed by atoms with Gasteiger partial charge in [0, 0.05) is 11.8 Å². The summed E-state index contributed by atoms with van der Waals surface area (Å²) in [5, 5.41) is 4.13. The summed E-state index contributed by atoms with van der Waals surface area (Å²) in [4.78, 5) is 40.7. The highest BCUT2D eigenvalue weighted by molar-refractivity contribution is 5.96. The van der Waals surface area contributed by atoms with E-state index in [1.807, 2.05) is 0 Å². The van der Waals surface area contributed by atoms with Gasteiger partial charge in [0.15, 0.2) is 23.9 Å². The fourth-order valence-corrected chi connectivity index (χ4v) is 2.74. The first-order valence-corrected chi connectivity index (χ1v) is 9.39. The largest absolute Gasteiger partial charge is 0.493 e. The van der Waals surface area contributed by atoms with Gasteiger partial charge in [0.25, 0.3) is 11.8 Å². The predicted octanol–water partition coefficient (Wildman–Crippen LogP) is 1.21. The first kappa shape index (κ1) is 22.3. The standard InChI is InChI=1S/C21H21N5O6/c1-13-15(11-23-26(13)18-6-4-5-9-22-18)21(29)32-12-19(27)24-25-20(28)14-7-8-16(30-2)17(10-14)31-3/h4-11H,12H2,1-3H3,(H,24,27)(H,25,28). The molecule has 2 aromatic heterocycles. The summed E-state index contributed by atoms with van der Waals surface area (Å²) >= 11 is 0. The van der Waals surface area contributed by atoms with Crippen LogP contribution >= 0.6 is 0 Å². The van der Waals surface area contributed by atoms with Crippen LogP contribution in [0, 0.1) is 6.92 Å². The van der Waals surface area contributed by atoms with E-state index in [1.54, 1.807) is 37.4 Å². The van der Waals surface area contributed by atoms with Crippen molar-refractivity contribution < 1.29 is 28.6 Å². The molecular weight excluding hydrogens is 418 g/mol. The molecule has 0 aliphatic heterocycles. The second kappa shape index (κ2) is 10.1. The van der Waals surface area contributed by atoms with Gasteiger partial charge in [-0.1, -0.05) is 6.07 Å². The van der Waals surface area contributed by atoms with Gasteiger partial charge in [-0.15, -0.1) is 0 Å². The highest BCUT2D eigenvalue weighted by atomic mass is 16.5. The number of nitrogens with one attached hydrogen (secondary N) is 2. The molecule has 0 saturated carbocycles. The molecule has 0 aliphatic rings. The molecule has 0 bridgehead atoms. The molecule has 1 aromatic carbocycles. The molecule has 2 heterocycles. The fraction of sp³-hybridized carbons (Fsp3) is 0.190. The first-order valence-electron chi connectivity index (χ1n) is 9.39. The summed E-state index contributed by atoms with van der Waals surface area (Å²) in [5.74, 6) is -0.672. The third-order valence-electron chi connectivity index (χ3n) is 4.39. The molecule has 2 amide bonds. The molecule has 0 aliphatic carbocycles. The summed E-state index contributed by atoms with van der Waals surface area (Å²) < 4.78 is 16.7. The molecule has 0 saturated heterocycles. The Morgan fingerprint density at radius 3 is 2.50 bits per heavy atom. The number of ether oxygens (including phenoxy) is 3. The lowest BCUT2D eigenvalue weighted by Gasteiger charge is -2.11. The van der Waals surface area contributed by atoms with Crippen molar-refractivity contribution in [1.82, 2.24) is 25.6 Å². The van der Waals surface area contributed by atoms with Gasteiger partial charge in [0.1, 0.15) is 5.56 Å². The van der Waals surface area contributed by atoms with E-state index in [4.69, 9.17) is 14.2 Å². The van der Waals surface area contributed by atoms with Crippen LogP contribution in [0.4, 0.5) is 0 Å². The van der Waals surface area contributed by atoms with E-state index in [0.717, 1.165) is 0 Å². The molecule has 11 heteroatoms. The molecule has 0 atom stereocenters. The van der Waals surface area contributed by atoms with E-state index in [2.05, 4.69) is 20.9 Å². The zero-order valence-corrected chi connectivity index (χ0v) is 17.6. The number of carbonyl (C=O) groups is 3. The first-order chi connectivity index (χ1) is 15.4. The number of nitrogens with zero attached hydrogens (tertiary/aromatic N) is 3. The Morgan fingerprint density at radius 1 is 1.03 bits per heavy atom. The van der Waals surface area contributed by atoms with Gasteiger partial charge in [0.2, 0.25) is 0 Å². The van der Waals surface area contributed by atoms with Crippen molar-refractivity contribution in [3.8, 4) is 17.3 Å². The molecule has 0 spiro atoms. The number of hydrogen-bond donors (Lipinski definition) is 2. The molecular formula is C21H21N5O6. The second-order valence-electron chi connectivity index (χ2n) is 6.39. The van der Waals surface area contributed by atoms with Gasteiger partial charge in [-0.25, -0.2) is 14.5 Å². The third kappa shape index (κ3) is 5.01. The number of amides is 2. The Balaban J connectivity index is 1.53. The Bertz CT molecular complexity index is 1130. The van der Waals surface area contributed by atoms with Crippen LogP contribution in [-0.4, -0.2) is 53.4 Å². The Labute approximate surface area is 183 Å². The van der Waals surface area contributed by atoms with Crippen LogP contribution in [0.2, 0.25) is 0 Å². The number of methoxy groups -OCH3 is 2. The molecule has 2 N–H and O–H groups in total. The van der Waals surface area contributed by atoms with E-state index in [1.165, 1.54) is 37.2 Å². The number of esters is 1. The van der Waals surface area contributed by atoms with Crippen molar-refractivity contribution in [2.45, 2.75) is 6.92 Å². The summed E-state index contributed by atoms with van der Waals surface area (Å²) in [7, 11) is 2.92. The number of rotatable bonds is 7. The molecule has 3 rings (SSSR count). The number of hydrogen-bond acceptors (Lipinski definition) is 8. The van der Waals surface area contributed by atoms with Gasteiger partial charge < -0.3 is 14.2 Å². The average molecular weight is 439 g/mol. The Hall–Kier alpha value is -4.41. The van der Waals surface area contributed by atoms with Crippen LogP contribution < -0.4 is 20.3 Å². The zero-order valence-electron chi connectivity index (χ0n) is 17.6. The Morgan fingerprint density at radius 2 is 1.81 bits per heavy atom. The fourth-order valence-electron chi connectivity index (χ4n) is 2.74. The van der Waals surface area contributed by atoms with Gasteiger partial charge in [-0.2, -0.15) is 5.10 Å². The second-order valence-corrected chi connectivity index (χ2v) is 6.39. The zero-order chi connectivity index (χ0) is 23.1. The van der Waals surface area contributed by atoms with Crippen molar-refractivity contribution in [2.24, 2.45) is 0 Å². The number of pyridine rings is 1. The third-order valence-corrected chi connectivity index (χ3v) is 4.39. The number of carbonyl (C=O) groups excluding carboxylic acids is 3. The summed E-state index contributed by atoms with van der Waals surface area (Å²) in [6.45, 7) is 1.08. The van der Waals surface area contributed by atoms with Crippen molar-refractivity contribution in [1.29, 1.82) is 0 Å². The highest BCUT2D eigenvalue weighted by Crippen LogP contribution is 2.27. The lowest BCUT2D eigenvalue weighted by atomic mass is 10.2. The van der Waals surface area contributed by atoms with Gasteiger partial charge >= 0.3 is 5.97 Å². The Kier molecular flexibility index (Phi) is 7.01. The summed E-state index contributed by atoms with van der Waals surface area (Å²) in [6.07, 6.45) is 2.94. The minimum Gasteiger partial charge on any atom is -0.493 e. The van der Waals surface area contributed by atoms with Crippen molar-refractivity contribution in [3.05, 3.63) is 65.6 Å². The molecule has 0 radical (unpaired) electrons. The van der Waals surface area contributed by atoms with Crippen LogP contribution in [0.15, 0.2) is 48.8 Å². The van der Waals surface area contributed by atoms with Crippen LogP contribution in [-0.2, 0) is 9.53 Å². The molecule has 0 fully saturated rings. The van der Waals surface area contributed by atoms with Crippen LogP contribution in [0.1, 0.15) is 26.4 Å². The van der Waals surface area contributed by atoms with E-state index >= 15 is 0 Å². The van der Waals surface area contributed by atoms with E-state index in [9.17, 15) is 14.4 Å². The highest BCUT2D eigenvalue weighted by Gasteiger charge is 2.18. The van der Waals surface area contributed by atoms with Gasteiger partial charge in [-0.05, 0) is 37.3 Å². The minimum atomic E-state index is -0.731. The lowest BCUT2D eigenvalue weighted by molar-refractivity contribution is -0.125. The van der Waals surface area contributed by atoms with Crippen LogP contribution in [0.25, 0.3) is 5.82 Å². The van der Waals surface area contributed by atoms with Gasteiger partial charge in [0.05, 0.1) is 26.1 Å². The van der Waals surface area contributed by atoms with E-state index < -0.39 is 24.4 Å². The predicted molar refractivity (Wildman–Crippen MR) is 112 cm³/mol. The van der Waals surface area contributed by atoms with Crippen molar-refractivity contribution in [3.63, 3.8) is 0 Å². The molecule has 32 heavy (non-hydrogen) atoms. The van der Waals surface area contributed by atoms with Gasteiger partial charge in [-0.3, -0.25) is 20.4 Å². The van der Waals surface area contributed by atoms with E-state index in [0.29, 0.717) is 23.0 Å². The van der Waals surface area contributed by atoms with Crippen LogP contribution in [0.3, 0.4) is 0 Å². The lowest BCUT2D eigenvalue weighted by Crippen LogP contribution is -2.43. The maximum absolute atomic E-state index is 12.3. The topological polar surface area (TPSA) is 134 Å². The van der Waals surface area contributed by atoms with E-state index in [-0.39, 0.29) is 11.1 Å². The number of benzene rings is 1. The van der Waals surface area contributed by atoms with Crippen LogP contribution in [0.5, 0.6) is 11.5 Å². The minimum absolute atomic E-state index is 0.192. The SMILES string of the molecule is COc1ccc(C(=O)NNC(=O)COC(=O)c2cnn(-c3ccccn3)c2C)cc1OC. The maximum Gasteiger partial charge on any atom is 0.342 e. The van der Waals surface area contributed by atoms with Crippen molar-refractivity contribution in [2.75, 3.05) is 20.8 Å².